The van der Waals surface area contributed by atoms with E-state index in [9.17, 15) is 8.42 Å². The van der Waals surface area contributed by atoms with Gasteiger partial charge in [-0.1, -0.05) is 18.2 Å². The summed E-state index contributed by atoms with van der Waals surface area (Å²) in [6.45, 7) is 1.70. The van der Waals surface area contributed by atoms with Crippen LogP contribution in [0.2, 0.25) is 0 Å². The molecule has 0 saturated heterocycles. The summed E-state index contributed by atoms with van der Waals surface area (Å²) >= 11 is 0. The Morgan fingerprint density at radius 2 is 1.65 bits per heavy atom. The molecule has 122 valence electrons. The first-order valence-corrected chi connectivity index (χ1v) is 8.30. The standard InChI is InChI=1S/C16H18N2O4S/c1-12(13-9-10-15(21-2)16(11-13)22-3)17-18-23(19,20)14-7-5-4-6-8-14/h4-11,18H,1-3H3. The number of hydrazone groups is 1. The summed E-state index contributed by atoms with van der Waals surface area (Å²) < 4.78 is 34.6. The van der Waals surface area contributed by atoms with Crippen molar-refractivity contribution in [2.24, 2.45) is 5.10 Å². The molecule has 0 spiro atoms. The van der Waals surface area contributed by atoms with E-state index < -0.39 is 10.0 Å². The molecule has 0 amide bonds. The minimum absolute atomic E-state index is 0.156. The first kappa shape index (κ1) is 16.8. The second kappa shape index (κ2) is 7.15. The van der Waals surface area contributed by atoms with Gasteiger partial charge in [-0.25, -0.2) is 0 Å². The summed E-state index contributed by atoms with van der Waals surface area (Å²) in [5.41, 5.74) is 1.23. The molecule has 0 aliphatic heterocycles. The van der Waals surface area contributed by atoms with E-state index in [1.165, 1.54) is 19.2 Å². The molecule has 2 rings (SSSR count). The number of rotatable bonds is 6. The highest BCUT2D eigenvalue weighted by molar-refractivity contribution is 7.89. The van der Waals surface area contributed by atoms with E-state index in [0.29, 0.717) is 17.2 Å². The first-order chi connectivity index (χ1) is 11.0. The van der Waals surface area contributed by atoms with Gasteiger partial charge >= 0.3 is 0 Å². The van der Waals surface area contributed by atoms with Gasteiger partial charge in [0.15, 0.2) is 11.5 Å². The van der Waals surface area contributed by atoms with E-state index >= 15 is 0 Å². The topological polar surface area (TPSA) is 77.0 Å². The van der Waals surface area contributed by atoms with Crippen LogP contribution in [-0.2, 0) is 10.0 Å². The van der Waals surface area contributed by atoms with Gasteiger partial charge in [0.2, 0.25) is 0 Å². The molecule has 0 bridgehead atoms. The number of methoxy groups -OCH3 is 2. The molecule has 0 unspecified atom stereocenters. The average Bonchev–Trinajstić information content (AvgIpc) is 2.59. The van der Waals surface area contributed by atoms with Crippen LogP contribution in [-0.4, -0.2) is 28.3 Å². The van der Waals surface area contributed by atoms with Crippen LogP contribution in [0.25, 0.3) is 0 Å². The maximum absolute atomic E-state index is 12.1. The van der Waals surface area contributed by atoms with Gasteiger partial charge in [0.05, 0.1) is 24.8 Å². The van der Waals surface area contributed by atoms with Crippen LogP contribution in [0.15, 0.2) is 58.5 Å². The van der Waals surface area contributed by atoms with Gasteiger partial charge < -0.3 is 9.47 Å². The smallest absolute Gasteiger partial charge is 0.276 e. The van der Waals surface area contributed by atoms with Crippen LogP contribution in [0.1, 0.15) is 12.5 Å². The summed E-state index contributed by atoms with van der Waals surface area (Å²) in [4.78, 5) is 2.38. The van der Waals surface area contributed by atoms with Crippen molar-refractivity contribution in [2.45, 2.75) is 11.8 Å². The van der Waals surface area contributed by atoms with Gasteiger partial charge in [-0.05, 0) is 37.3 Å². The van der Waals surface area contributed by atoms with Crippen molar-refractivity contribution in [1.82, 2.24) is 4.83 Å². The predicted molar refractivity (Wildman–Crippen MR) is 88.5 cm³/mol. The molecule has 23 heavy (non-hydrogen) atoms. The van der Waals surface area contributed by atoms with E-state index in [4.69, 9.17) is 9.47 Å². The maximum Gasteiger partial charge on any atom is 0.276 e. The van der Waals surface area contributed by atoms with Gasteiger partial charge in [0.1, 0.15) is 0 Å². The van der Waals surface area contributed by atoms with Gasteiger partial charge in [-0.3, -0.25) is 0 Å². The van der Waals surface area contributed by atoms with Crippen LogP contribution in [0.3, 0.4) is 0 Å². The zero-order valence-electron chi connectivity index (χ0n) is 13.1. The third-order valence-corrected chi connectivity index (χ3v) is 4.41. The fourth-order valence-electron chi connectivity index (χ4n) is 1.91. The lowest BCUT2D eigenvalue weighted by atomic mass is 10.1. The van der Waals surface area contributed by atoms with E-state index in [2.05, 4.69) is 9.93 Å². The normalized spacial score (nSPS) is 11.9. The molecule has 6 nitrogen and oxygen atoms in total. The molecular formula is C16H18N2O4S. The average molecular weight is 334 g/mol. The van der Waals surface area contributed by atoms with Crippen molar-refractivity contribution in [2.75, 3.05) is 14.2 Å². The minimum atomic E-state index is -3.69. The highest BCUT2D eigenvalue weighted by Crippen LogP contribution is 2.27. The molecule has 0 fully saturated rings. The van der Waals surface area contributed by atoms with Gasteiger partial charge in [-0.15, -0.1) is 0 Å². The second-order valence-electron chi connectivity index (χ2n) is 4.67. The first-order valence-electron chi connectivity index (χ1n) is 6.81. The van der Waals surface area contributed by atoms with Crippen LogP contribution >= 0.6 is 0 Å². The van der Waals surface area contributed by atoms with Crippen molar-refractivity contribution in [3.05, 3.63) is 54.1 Å². The number of hydrogen-bond donors (Lipinski definition) is 1. The third kappa shape index (κ3) is 4.01. The number of nitrogens with zero attached hydrogens (tertiary/aromatic N) is 1. The predicted octanol–water partition coefficient (Wildman–Crippen LogP) is 2.41. The summed E-state index contributed by atoms with van der Waals surface area (Å²) in [7, 11) is -0.603. The van der Waals surface area contributed by atoms with E-state index in [-0.39, 0.29) is 4.90 Å². The summed E-state index contributed by atoms with van der Waals surface area (Å²) in [6, 6.07) is 13.3. The number of hydrogen-bond acceptors (Lipinski definition) is 5. The Bertz CT molecular complexity index is 802. The molecule has 0 aliphatic carbocycles. The Balaban J connectivity index is 2.23. The largest absolute Gasteiger partial charge is 0.493 e. The monoisotopic (exact) mass is 334 g/mol. The zero-order valence-corrected chi connectivity index (χ0v) is 13.9. The van der Waals surface area contributed by atoms with Crippen LogP contribution in [0.5, 0.6) is 11.5 Å². The van der Waals surface area contributed by atoms with Crippen LogP contribution in [0, 0.1) is 0 Å². The highest BCUT2D eigenvalue weighted by Gasteiger charge is 2.12. The molecule has 1 N–H and O–H groups in total. The Kier molecular flexibility index (Phi) is 5.23. The Morgan fingerprint density at radius 1 is 1.00 bits per heavy atom. The van der Waals surface area contributed by atoms with Crippen molar-refractivity contribution >= 4 is 15.7 Å². The highest BCUT2D eigenvalue weighted by atomic mass is 32.2. The lowest BCUT2D eigenvalue weighted by molar-refractivity contribution is 0.355. The molecule has 0 saturated carbocycles. The fourth-order valence-corrected chi connectivity index (χ4v) is 2.78. The lowest BCUT2D eigenvalue weighted by Crippen LogP contribution is -2.19. The van der Waals surface area contributed by atoms with Crippen LogP contribution in [0.4, 0.5) is 0 Å². The minimum Gasteiger partial charge on any atom is -0.493 e. The molecule has 0 aromatic heterocycles. The fraction of sp³-hybridized carbons (Fsp3) is 0.188. The summed E-state index contributed by atoms with van der Waals surface area (Å²) in [6.07, 6.45) is 0. The van der Waals surface area contributed by atoms with Gasteiger partial charge in [0, 0.05) is 5.56 Å². The van der Waals surface area contributed by atoms with Crippen molar-refractivity contribution < 1.29 is 17.9 Å². The number of sulfonamides is 1. The second-order valence-corrected chi connectivity index (χ2v) is 6.34. The number of ether oxygens (including phenoxy) is 2. The van der Waals surface area contributed by atoms with Crippen LogP contribution < -0.4 is 14.3 Å². The Morgan fingerprint density at radius 3 is 2.26 bits per heavy atom. The SMILES string of the molecule is COc1ccc(C(C)=NNS(=O)(=O)c2ccccc2)cc1OC. The van der Waals surface area contributed by atoms with E-state index in [1.54, 1.807) is 50.4 Å². The molecule has 0 aliphatic rings. The van der Waals surface area contributed by atoms with Crippen molar-refractivity contribution in [3.8, 4) is 11.5 Å². The van der Waals surface area contributed by atoms with E-state index in [0.717, 1.165) is 5.56 Å². The molecule has 2 aromatic rings. The Labute approximate surface area is 135 Å². The number of benzene rings is 2. The van der Waals surface area contributed by atoms with Crippen molar-refractivity contribution in [1.29, 1.82) is 0 Å². The molecule has 2 aromatic carbocycles. The lowest BCUT2D eigenvalue weighted by Gasteiger charge is -2.10. The summed E-state index contributed by atoms with van der Waals surface area (Å²) in [5, 5.41) is 3.96. The molecule has 0 atom stereocenters. The maximum atomic E-state index is 12.1. The van der Waals surface area contributed by atoms with Gasteiger partial charge in [0.25, 0.3) is 10.0 Å². The zero-order chi connectivity index (χ0) is 16.9. The van der Waals surface area contributed by atoms with Gasteiger partial charge in [-0.2, -0.15) is 18.4 Å². The molecular weight excluding hydrogens is 316 g/mol. The Hall–Kier alpha value is -2.54. The molecule has 0 heterocycles. The van der Waals surface area contributed by atoms with Crippen molar-refractivity contribution in [3.63, 3.8) is 0 Å². The third-order valence-electron chi connectivity index (χ3n) is 3.19. The quantitative estimate of drug-likeness (QED) is 0.650. The van der Waals surface area contributed by atoms with E-state index in [1.807, 2.05) is 0 Å². The summed E-state index contributed by atoms with van der Waals surface area (Å²) in [5.74, 6) is 1.14. The number of nitrogens with one attached hydrogen (secondary N) is 1. The molecule has 7 heteroatoms. The molecule has 0 radical (unpaired) electrons.